The van der Waals surface area contributed by atoms with Crippen LogP contribution in [0.15, 0.2) is 30.0 Å². The van der Waals surface area contributed by atoms with E-state index >= 15 is 0 Å². The number of carbonyl (C=O) groups excluding carboxylic acids is 2. The maximum Gasteiger partial charge on any atom is 0.313 e. The van der Waals surface area contributed by atoms with Crippen molar-refractivity contribution < 1.29 is 33.3 Å². The number of ketones is 1. The number of hydrogen-bond donors (Lipinski definition) is 0. The van der Waals surface area contributed by atoms with Crippen LogP contribution in [0, 0.1) is 12.8 Å². The molecule has 0 atom stereocenters. The number of aryl methyl sites for hydroxylation is 1. The number of Topliss-reactive ketones (excluding diaryl/α,β-unsaturated/α-hetero) is 1. The Balaban J connectivity index is 1.99. The molecule has 0 saturated heterocycles. The number of rotatable bonds is 6. The number of esters is 1. The predicted molar refractivity (Wildman–Crippen MR) is 111 cm³/mol. The quantitative estimate of drug-likeness (QED) is 0.400. The molecular weight excluding hydrogens is 388 g/mol. The highest BCUT2D eigenvalue weighted by molar-refractivity contribution is 6.15. The molecule has 7 nitrogen and oxygen atoms in total. The van der Waals surface area contributed by atoms with Crippen molar-refractivity contribution in [2.24, 2.45) is 5.92 Å². The number of fused-ring (bicyclic) bond motifs is 1. The Morgan fingerprint density at radius 2 is 1.60 bits per heavy atom. The Labute approximate surface area is 175 Å². The normalized spacial score (nSPS) is 13.8. The van der Waals surface area contributed by atoms with Gasteiger partial charge in [0.15, 0.2) is 17.3 Å². The Hall–Kier alpha value is -3.48. The van der Waals surface area contributed by atoms with Crippen LogP contribution in [-0.2, 0) is 4.79 Å². The van der Waals surface area contributed by atoms with Crippen LogP contribution in [0.3, 0.4) is 0 Å². The topological polar surface area (TPSA) is 80.3 Å². The number of allylic oxidation sites excluding steroid dienone is 1. The molecule has 2 aromatic rings. The van der Waals surface area contributed by atoms with Gasteiger partial charge in [-0.3, -0.25) is 9.59 Å². The minimum atomic E-state index is -0.357. The Morgan fingerprint density at radius 3 is 2.20 bits per heavy atom. The minimum absolute atomic E-state index is 0.131. The number of methoxy groups -OCH3 is 3. The van der Waals surface area contributed by atoms with Crippen LogP contribution in [0.25, 0.3) is 6.08 Å². The van der Waals surface area contributed by atoms with E-state index in [1.165, 1.54) is 21.3 Å². The summed E-state index contributed by atoms with van der Waals surface area (Å²) in [6.07, 6.45) is 1.59. The van der Waals surface area contributed by atoms with E-state index in [4.69, 9.17) is 23.7 Å². The number of benzene rings is 2. The van der Waals surface area contributed by atoms with Crippen molar-refractivity contribution in [2.45, 2.75) is 20.8 Å². The van der Waals surface area contributed by atoms with E-state index in [0.717, 1.165) is 0 Å². The van der Waals surface area contributed by atoms with E-state index in [-0.39, 0.29) is 23.4 Å². The van der Waals surface area contributed by atoms with Gasteiger partial charge in [-0.25, -0.2) is 0 Å². The lowest BCUT2D eigenvalue weighted by Gasteiger charge is -2.12. The zero-order chi connectivity index (χ0) is 22.0. The molecule has 0 spiro atoms. The zero-order valence-electron chi connectivity index (χ0n) is 17.8. The highest BCUT2D eigenvalue weighted by Crippen LogP contribution is 2.40. The van der Waals surface area contributed by atoms with Crippen molar-refractivity contribution in [3.63, 3.8) is 0 Å². The number of carbonyl (C=O) groups is 2. The van der Waals surface area contributed by atoms with Gasteiger partial charge in [0.1, 0.15) is 17.2 Å². The zero-order valence-corrected chi connectivity index (χ0v) is 17.8. The lowest BCUT2D eigenvalue weighted by Crippen LogP contribution is -2.14. The van der Waals surface area contributed by atoms with E-state index in [2.05, 4.69) is 0 Å². The summed E-state index contributed by atoms with van der Waals surface area (Å²) in [5.41, 5.74) is 1.69. The third-order valence-electron chi connectivity index (χ3n) is 4.66. The van der Waals surface area contributed by atoms with Gasteiger partial charge in [0, 0.05) is 17.7 Å². The van der Waals surface area contributed by atoms with Crippen molar-refractivity contribution in [2.75, 3.05) is 21.3 Å². The molecule has 0 amide bonds. The molecule has 158 valence electrons. The summed E-state index contributed by atoms with van der Waals surface area (Å²) in [7, 11) is 4.58. The van der Waals surface area contributed by atoms with E-state index in [0.29, 0.717) is 45.4 Å². The predicted octanol–water partition coefficient (Wildman–Crippen LogP) is 4.20. The van der Waals surface area contributed by atoms with Crippen LogP contribution in [0.2, 0.25) is 0 Å². The summed E-state index contributed by atoms with van der Waals surface area (Å²) < 4.78 is 27.2. The van der Waals surface area contributed by atoms with Gasteiger partial charge in [-0.2, -0.15) is 0 Å². The maximum atomic E-state index is 12.9. The van der Waals surface area contributed by atoms with Crippen LogP contribution in [0.1, 0.15) is 35.3 Å². The molecule has 1 heterocycles. The molecule has 0 aromatic heterocycles. The van der Waals surface area contributed by atoms with Crippen molar-refractivity contribution >= 4 is 17.8 Å². The molecule has 7 heteroatoms. The fourth-order valence-electron chi connectivity index (χ4n) is 3.08. The molecule has 0 fully saturated rings. The third-order valence-corrected chi connectivity index (χ3v) is 4.66. The van der Waals surface area contributed by atoms with Crippen LogP contribution >= 0.6 is 0 Å². The molecule has 3 rings (SSSR count). The van der Waals surface area contributed by atoms with Crippen LogP contribution in [-0.4, -0.2) is 33.1 Å². The Bertz CT molecular complexity index is 1030. The number of hydrogen-bond acceptors (Lipinski definition) is 7. The van der Waals surface area contributed by atoms with Crippen molar-refractivity contribution in [3.8, 4) is 28.7 Å². The SMILES string of the molecule is COc1cc(OC)c(OC)cc1/C=C1\Oc2cc(OC(=O)C(C)C)cc(C)c2C1=O. The van der Waals surface area contributed by atoms with Crippen molar-refractivity contribution in [1.29, 1.82) is 0 Å². The highest BCUT2D eigenvalue weighted by Gasteiger charge is 2.31. The smallest absolute Gasteiger partial charge is 0.313 e. The number of ether oxygens (including phenoxy) is 5. The van der Waals surface area contributed by atoms with Crippen LogP contribution < -0.4 is 23.7 Å². The molecule has 0 aliphatic carbocycles. The molecule has 0 unspecified atom stereocenters. The fourth-order valence-corrected chi connectivity index (χ4v) is 3.08. The summed E-state index contributed by atoms with van der Waals surface area (Å²) in [5.74, 6) is 1.42. The largest absolute Gasteiger partial charge is 0.496 e. The second-order valence-corrected chi connectivity index (χ2v) is 7.08. The molecular formula is C23H24O7. The Morgan fingerprint density at radius 1 is 0.967 bits per heavy atom. The molecule has 30 heavy (non-hydrogen) atoms. The molecule has 2 aromatic carbocycles. The second-order valence-electron chi connectivity index (χ2n) is 7.08. The summed E-state index contributed by atoms with van der Waals surface area (Å²) in [6, 6.07) is 6.58. The maximum absolute atomic E-state index is 12.9. The Kier molecular flexibility index (Phi) is 6.01. The molecule has 0 bridgehead atoms. The molecule has 0 saturated carbocycles. The van der Waals surface area contributed by atoms with Gasteiger partial charge >= 0.3 is 5.97 Å². The standard InChI is InChI=1S/C23H24O7/c1-12(2)23(25)29-15-7-13(3)21-19(10-15)30-20(22(21)24)9-14-8-17(27-5)18(28-6)11-16(14)26-4/h7-12H,1-6H3/b20-9-. The van der Waals surface area contributed by atoms with Gasteiger partial charge < -0.3 is 23.7 Å². The summed E-state index contributed by atoms with van der Waals surface area (Å²) >= 11 is 0. The summed E-state index contributed by atoms with van der Waals surface area (Å²) in [5, 5.41) is 0. The monoisotopic (exact) mass is 412 g/mol. The lowest BCUT2D eigenvalue weighted by molar-refractivity contribution is -0.137. The average Bonchev–Trinajstić information content (AvgIpc) is 3.02. The highest BCUT2D eigenvalue weighted by atomic mass is 16.5. The van der Waals surface area contributed by atoms with Gasteiger partial charge in [-0.05, 0) is 30.7 Å². The first kappa shape index (κ1) is 21.2. The van der Waals surface area contributed by atoms with E-state index < -0.39 is 0 Å². The van der Waals surface area contributed by atoms with Crippen molar-refractivity contribution in [1.82, 2.24) is 0 Å². The average molecular weight is 412 g/mol. The van der Waals surface area contributed by atoms with E-state index in [1.807, 2.05) is 0 Å². The van der Waals surface area contributed by atoms with Gasteiger partial charge in [0.05, 0.1) is 32.8 Å². The van der Waals surface area contributed by atoms with Gasteiger partial charge in [-0.15, -0.1) is 0 Å². The minimum Gasteiger partial charge on any atom is -0.496 e. The van der Waals surface area contributed by atoms with E-state index in [1.54, 1.807) is 51.1 Å². The van der Waals surface area contributed by atoms with Gasteiger partial charge in [-0.1, -0.05) is 13.8 Å². The van der Waals surface area contributed by atoms with Gasteiger partial charge in [0.2, 0.25) is 5.78 Å². The second kappa shape index (κ2) is 8.49. The molecule has 0 N–H and O–H groups in total. The summed E-state index contributed by atoms with van der Waals surface area (Å²) in [6.45, 7) is 5.27. The molecule has 1 aliphatic heterocycles. The van der Waals surface area contributed by atoms with Gasteiger partial charge in [0.25, 0.3) is 0 Å². The van der Waals surface area contributed by atoms with Crippen LogP contribution in [0.4, 0.5) is 0 Å². The molecule has 0 radical (unpaired) electrons. The van der Waals surface area contributed by atoms with Crippen molar-refractivity contribution in [3.05, 3.63) is 46.7 Å². The first-order chi connectivity index (χ1) is 14.3. The fraction of sp³-hybridized carbons (Fsp3) is 0.304. The van der Waals surface area contributed by atoms with Crippen LogP contribution in [0.5, 0.6) is 28.7 Å². The third kappa shape index (κ3) is 3.96. The lowest BCUT2D eigenvalue weighted by atomic mass is 10.0. The summed E-state index contributed by atoms with van der Waals surface area (Å²) in [4.78, 5) is 24.8. The van der Waals surface area contributed by atoms with E-state index in [9.17, 15) is 9.59 Å². The first-order valence-corrected chi connectivity index (χ1v) is 9.39. The first-order valence-electron chi connectivity index (χ1n) is 9.39. The molecule has 1 aliphatic rings.